The second-order valence-electron chi connectivity index (χ2n) is 4.78. The predicted octanol–water partition coefficient (Wildman–Crippen LogP) is 2.45. The molecule has 24 heavy (non-hydrogen) atoms. The van der Waals surface area contributed by atoms with E-state index in [1.54, 1.807) is 12.1 Å². The summed E-state index contributed by atoms with van der Waals surface area (Å²) < 4.78 is 16.6. The smallest absolute Gasteiger partial charge is 0.334 e. The van der Waals surface area contributed by atoms with Crippen LogP contribution < -0.4 is 10.1 Å². The minimum absolute atomic E-state index is 0.0723. The van der Waals surface area contributed by atoms with Gasteiger partial charge in [-0.05, 0) is 30.3 Å². The van der Waals surface area contributed by atoms with E-state index < -0.39 is 18.0 Å². The van der Waals surface area contributed by atoms with Crippen LogP contribution in [-0.2, 0) is 16.1 Å². The molecule has 1 aromatic carbocycles. The lowest BCUT2D eigenvalue weighted by atomic mass is 10.3. The number of carboxylic acids is 1. The van der Waals surface area contributed by atoms with Gasteiger partial charge in [0.1, 0.15) is 18.1 Å². The van der Waals surface area contributed by atoms with E-state index in [9.17, 15) is 9.59 Å². The van der Waals surface area contributed by atoms with Crippen molar-refractivity contribution < 1.29 is 28.6 Å². The van der Waals surface area contributed by atoms with Gasteiger partial charge in [-0.15, -0.1) is 0 Å². The summed E-state index contributed by atoms with van der Waals surface area (Å²) in [4.78, 5) is 22.7. The maximum absolute atomic E-state index is 11.9. The normalized spacial score (nSPS) is 11.8. The van der Waals surface area contributed by atoms with Crippen molar-refractivity contribution in [3.05, 3.63) is 52.4 Å². The quantitative estimate of drug-likeness (QED) is 0.709. The van der Waals surface area contributed by atoms with Crippen LogP contribution in [0.1, 0.15) is 16.3 Å². The van der Waals surface area contributed by atoms with Crippen LogP contribution in [0.5, 0.6) is 5.75 Å². The van der Waals surface area contributed by atoms with E-state index >= 15 is 0 Å². The van der Waals surface area contributed by atoms with Crippen molar-refractivity contribution in [2.45, 2.75) is 12.7 Å². The van der Waals surface area contributed by atoms with Gasteiger partial charge in [0.05, 0.1) is 6.54 Å². The number of methoxy groups -OCH3 is 1. The van der Waals surface area contributed by atoms with Crippen LogP contribution in [0, 0.1) is 0 Å². The Bertz CT molecular complexity index is 714. The fourth-order valence-corrected chi connectivity index (χ4v) is 2.21. The van der Waals surface area contributed by atoms with Crippen molar-refractivity contribution in [1.82, 2.24) is 5.32 Å². The molecule has 1 heterocycles. The summed E-state index contributed by atoms with van der Waals surface area (Å²) in [7, 11) is 1.26. The van der Waals surface area contributed by atoms with Gasteiger partial charge in [-0.1, -0.05) is 22.0 Å². The summed E-state index contributed by atoms with van der Waals surface area (Å²) in [5.74, 6) is -0.465. The Morgan fingerprint density at radius 3 is 2.79 bits per heavy atom. The average molecular weight is 398 g/mol. The molecule has 0 spiro atoms. The summed E-state index contributed by atoms with van der Waals surface area (Å²) in [6, 6.07) is 10.5. The lowest BCUT2D eigenvalue weighted by Gasteiger charge is -2.10. The first kappa shape index (κ1) is 18.0. The number of ether oxygens (including phenoxy) is 2. The first-order chi connectivity index (χ1) is 11.5. The number of hydrogen-bond donors (Lipinski definition) is 2. The molecule has 1 atom stereocenters. The van der Waals surface area contributed by atoms with Crippen LogP contribution in [0.15, 0.2) is 45.3 Å². The third-order valence-corrected chi connectivity index (χ3v) is 3.56. The number of amides is 1. The Balaban J connectivity index is 1.88. The maximum atomic E-state index is 11.9. The Hall–Kier alpha value is -2.32. The number of halogens is 1. The van der Waals surface area contributed by atoms with E-state index in [2.05, 4.69) is 21.2 Å². The highest BCUT2D eigenvalue weighted by molar-refractivity contribution is 9.10. The Morgan fingerprint density at radius 1 is 1.33 bits per heavy atom. The molecule has 2 aromatic rings. The molecule has 0 saturated heterocycles. The maximum Gasteiger partial charge on any atom is 0.334 e. The minimum atomic E-state index is -1.15. The highest BCUT2D eigenvalue weighted by Crippen LogP contribution is 2.19. The van der Waals surface area contributed by atoms with Crippen molar-refractivity contribution in [2.75, 3.05) is 13.7 Å². The summed E-state index contributed by atoms with van der Waals surface area (Å²) in [5.41, 5.74) is 0. The molecule has 2 N–H and O–H groups in total. The van der Waals surface area contributed by atoms with Gasteiger partial charge in [0.2, 0.25) is 0 Å². The van der Waals surface area contributed by atoms with Gasteiger partial charge in [0.15, 0.2) is 11.9 Å². The van der Waals surface area contributed by atoms with Crippen LogP contribution in [0.2, 0.25) is 0 Å². The summed E-state index contributed by atoms with van der Waals surface area (Å²) in [6.45, 7) is 0.00873. The second-order valence-corrected chi connectivity index (χ2v) is 5.70. The molecule has 0 saturated carbocycles. The number of nitrogens with one attached hydrogen (secondary N) is 1. The number of carbonyl (C=O) groups excluding carboxylic acids is 1. The van der Waals surface area contributed by atoms with E-state index in [1.165, 1.54) is 13.2 Å². The Morgan fingerprint density at radius 2 is 2.12 bits per heavy atom. The minimum Gasteiger partial charge on any atom is -0.486 e. The van der Waals surface area contributed by atoms with Gasteiger partial charge in [-0.2, -0.15) is 0 Å². The molecule has 7 nitrogen and oxygen atoms in total. The topological polar surface area (TPSA) is 98.0 Å². The predicted molar refractivity (Wildman–Crippen MR) is 87.9 cm³/mol. The lowest BCUT2D eigenvalue weighted by Crippen LogP contribution is -2.37. The van der Waals surface area contributed by atoms with Gasteiger partial charge in [0, 0.05) is 11.6 Å². The summed E-state index contributed by atoms with van der Waals surface area (Å²) in [5, 5.41) is 11.3. The van der Waals surface area contributed by atoms with E-state index in [0.29, 0.717) is 11.5 Å². The van der Waals surface area contributed by atoms with Gasteiger partial charge in [-0.3, -0.25) is 4.79 Å². The molecule has 0 radical (unpaired) electrons. The van der Waals surface area contributed by atoms with Gasteiger partial charge in [0.25, 0.3) is 5.91 Å². The first-order valence-electron chi connectivity index (χ1n) is 7.00. The molecular weight excluding hydrogens is 382 g/mol. The third-order valence-electron chi connectivity index (χ3n) is 3.07. The standard InChI is InChI=1S/C16H16BrNO6/c1-22-14(16(20)21)8-18-15(19)13-6-5-12(24-13)9-23-11-4-2-3-10(17)7-11/h2-7,14H,8-9H2,1H3,(H,18,19)(H,20,21). The summed E-state index contributed by atoms with van der Waals surface area (Å²) >= 11 is 3.35. The van der Waals surface area contributed by atoms with Crippen LogP contribution in [0.4, 0.5) is 0 Å². The number of aliphatic carboxylic acids is 1. The molecule has 0 aliphatic carbocycles. The average Bonchev–Trinajstić information content (AvgIpc) is 3.02. The zero-order valence-electron chi connectivity index (χ0n) is 12.8. The van der Waals surface area contributed by atoms with Crippen molar-refractivity contribution >= 4 is 27.8 Å². The van der Waals surface area contributed by atoms with Crippen molar-refractivity contribution in [3.8, 4) is 5.75 Å². The molecule has 0 aliphatic rings. The zero-order chi connectivity index (χ0) is 17.5. The monoisotopic (exact) mass is 397 g/mol. The van der Waals surface area contributed by atoms with E-state index in [1.807, 2.05) is 18.2 Å². The molecule has 0 bridgehead atoms. The Kier molecular flexibility index (Phi) is 6.39. The first-order valence-corrected chi connectivity index (χ1v) is 7.79. The number of carboxylic acid groups (broad SMARTS) is 1. The van der Waals surface area contributed by atoms with Crippen molar-refractivity contribution in [1.29, 1.82) is 0 Å². The largest absolute Gasteiger partial charge is 0.486 e. The molecular formula is C16H16BrNO6. The molecule has 1 unspecified atom stereocenters. The molecule has 8 heteroatoms. The fourth-order valence-electron chi connectivity index (χ4n) is 1.83. The van der Waals surface area contributed by atoms with Gasteiger partial charge in [-0.25, -0.2) is 4.79 Å². The van der Waals surface area contributed by atoms with Gasteiger partial charge < -0.3 is 24.3 Å². The van der Waals surface area contributed by atoms with Crippen LogP contribution in [0.3, 0.4) is 0 Å². The van der Waals surface area contributed by atoms with E-state index in [0.717, 1.165) is 4.47 Å². The van der Waals surface area contributed by atoms with E-state index in [4.69, 9.17) is 19.0 Å². The Labute approximate surface area is 146 Å². The van der Waals surface area contributed by atoms with Crippen molar-refractivity contribution in [3.63, 3.8) is 0 Å². The van der Waals surface area contributed by atoms with Crippen molar-refractivity contribution in [2.24, 2.45) is 0 Å². The SMILES string of the molecule is COC(CNC(=O)c1ccc(COc2cccc(Br)c2)o1)C(=O)O. The number of rotatable bonds is 8. The molecule has 128 valence electrons. The van der Waals surface area contributed by atoms with Crippen LogP contribution in [-0.4, -0.2) is 36.7 Å². The van der Waals surface area contributed by atoms with E-state index in [-0.39, 0.29) is 18.9 Å². The van der Waals surface area contributed by atoms with Crippen LogP contribution in [0.25, 0.3) is 0 Å². The number of hydrogen-bond acceptors (Lipinski definition) is 5. The molecule has 2 rings (SSSR count). The zero-order valence-corrected chi connectivity index (χ0v) is 14.4. The number of benzene rings is 1. The highest BCUT2D eigenvalue weighted by Gasteiger charge is 2.19. The molecule has 1 aromatic heterocycles. The third kappa shape index (κ3) is 5.10. The van der Waals surface area contributed by atoms with Gasteiger partial charge >= 0.3 is 5.97 Å². The number of furan rings is 1. The van der Waals surface area contributed by atoms with Crippen LogP contribution >= 0.6 is 15.9 Å². The molecule has 1 amide bonds. The fraction of sp³-hybridized carbons (Fsp3) is 0.250. The lowest BCUT2D eigenvalue weighted by molar-refractivity contribution is -0.148. The number of carbonyl (C=O) groups is 2. The molecule has 0 fully saturated rings. The summed E-state index contributed by atoms with van der Waals surface area (Å²) in [6.07, 6.45) is -1.11. The molecule has 0 aliphatic heterocycles. The highest BCUT2D eigenvalue weighted by atomic mass is 79.9. The second kappa shape index (κ2) is 8.51.